The summed E-state index contributed by atoms with van der Waals surface area (Å²) >= 11 is 6.56. The lowest BCUT2D eigenvalue weighted by molar-refractivity contribution is 0.419. The van der Waals surface area contributed by atoms with E-state index in [1.54, 1.807) is 16.9 Å². The third kappa shape index (κ3) is 3.39. The highest BCUT2D eigenvalue weighted by Gasteiger charge is 2.06. The van der Waals surface area contributed by atoms with Crippen LogP contribution in [0.3, 0.4) is 0 Å². The van der Waals surface area contributed by atoms with Gasteiger partial charge in [-0.15, -0.1) is 11.3 Å². The van der Waals surface area contributed by atoms with Crippen LogP contribution in [0.25, 0.3) is 6.08 Å². The molecule has 0 unspecified atom stereocenters. The van der Waals surface area contributed by atoms with Crippen LogP contribution in [0, 0.1) is 3.95 Å². The molecule has 3 nitrogen and oxygen atoms in total. The van der Waals surface area contributed by atoms with Crippen molar-refractivity contribution in [3.63, 3.8) is 0 Å². The molecule has 2 rings (SSSR count). The smallest absolute Gasteiger partial charge is 0.210 e. The Morgan fingerprint density at radius 1 is 1.37 bits per heavy atom. The van der Waals surface area contributed by atoms with Crippen molar-refractivity contribution in [1.82, 2.24) is 4.57 Å². The molecule has 0 atom stereocenters. The molecular weight excluding hydrogens is 276 g/mol. The summed E-state index contributed by atoms with van der Waals surface area (Å²) in [6.45, 7) is 2.62. The number of allylic oxidation sites excluding steroid dienone is 1. The van der Waals surface area contributed by atoms with Crippen molar-refractivity contribution in [2.45, 2.75) is 13.5 Å². The zero-order valence-corrected chi connectivity index (χ0v) is 12.1. The molecule has 5 heteroatoms. The minimum Gasteiger partial charge on any atom is -0.493 e. The maximum atomic E-state index is 9.94. The van der Waals surface area contributed by atoms with Crippen molar-refractivity contribution < 1.29 is 5.11 Å². The van der Waals surface area contributed by atoms with E-state index in [1.807, 2.05) is 43.3 Å². The summed E-state index contributed by atoms with van der Waals surface area (Å²) in [5, 5.41) is 9.94. The lowest BCUT2D eigenvalue weighted by Gasteiger charge is -1.97. The third-order valence-electron chi connectivity index (χ3n) is 2.52. The van der Waals surface area contributed by atoms with Gasteiger partial charge in [0.2, 0.25) is 5.88 Å². The van der Waals surface area contributed by atoms with Crippen molar-refractivity contribution in [1.29, 1.82) is 0 Å². The monoisotopic (exact) mass is 290 g/mol. The van der Waals surface area contributed by atoms with Gasteiger partial charge in [-0.3, -0.25) is 9.56 Å². The van der Waals surface area contributed by atoms with Gasteiger partial charge in [0, 0.05) is 12.8 Å². The maximum Gasteiger partial charge on any atom is 0.210 e. The number of hydrogen-bond donors (Lipinski definition) is 1. The minimum atomic E-state index is 0.224. The van der Waals surface area contributed by atoms with Gasteiger partial charge in [-0.25, -0.2) is 0 Å². The molecule has 98 valence electrons. The van der Waals surface area contributed by atoms with Crippen molar-refractivity contribution in [3.05, 3.63) is 45.2 Å². The fourth-order valence-electron chi connectivity index (χ4n) is 1.58. The van der Waals surface area contributed by atoms with Crippen molar-refractivity contribution in [2.75, 3.05) is 0 Å². The number of aliphatic imine (C=N–C) groups is 1. The van der Waals surface area contributed by atoms with Crippen LogP contribution in [0.2, 0.25) is 0 Å². The fraction of sp³-hybridized carbons (Fsp3) is 0.143. The van der Waals surface area contributed by atoms with Crippen molar-refractivity contribution in [3.8, 4) is 5.88 Å². The largest absolute Gasteiger partial charge is 0.493 e. The number of para-hydroxylation sites is 1. The second-order valence-electron chi connectivity index (χ2n) is 3.77. The molecule has 0 saturated carbocycles. The second kappa shape index (κ2) is 6.45. The first kappa shape index (κ1) is 13.7. The topological polar surface area (TPSA) is 37.5 Å². The Morgan fingerprint density at radius 2 is 2.11 bits per heavy atom. The van der Waals surface area contributed by atoms with E-state index in [4.69, 9.17) is 12.2 Å². The molecule has 0 saturated heterocycles. The maximum absolute atomic E-state index is 9.94. The Hall–Kier alpha value is -1.72. The number of aromatic nitrogens is 1. The Labute approximate surface area is 121 Å². The number of benzene rings is 1. The summed E-state index contributed by atoms with van der Waals surface area (Å²) in [6, 6.07) is 9.69. The molecular formula is C14H14N2OS2. The number of thiazole rings is 1. The summed E-state index contributed by atoms with van der Waals surface area (Å²) in [5.41, 5.74) is 0.898. The number of hydrogen-bond acceptors (Lipinski definition) is 4. The van der Waals surface area contributed by atoms with E-state index >= 15 is 0 Å². The van der Waals surface area contributed by atoms with Gasteiger partial charge in [0.15, 0.2) is 3.95 Å². The van der Waals surface area contributed by atoms with Gasteiger partial charge in [-0.2, -0.15) is 0 Å². The zero-order valence-electron chi connectivity index (χ0n) is 10.5. The molecule has 1 N–H and O–H groups in total. The van der Waals surface area contributed by atoms with Gasteiger partial charge < -0.3 is 5.11 Å². The summed E-state index contributed by atoms with van der Waals surface area (Å²) < 4.78 is 2.38. The molecule has 0 aliphatic heterocycles. The van der Waals surface area contributed by atoms with Crippen LogP contribution in [0.1, 0.15) is 11.8 Å². The number of aromatic hydroxyl groups is 1. The van der Waals surface area contributed by atoms with Crippen molar-refractivity contribution >= 4 is 41.5 Å². The summed E-state index contributed by atoms with van der Waals surface area (Å²) in [4.78, 5) is 5.03. The molecule has 0 aliphatic carbocycles. The van der Waals surface area contributed by atoms with Gasteiger partial charge >= 0.3 is 0 Å². The molecule has 0 bridgehead atoms. The SMILES string of the molecule is CCn1c(O)c(/C=C/C=Nc2ccccc2)sc1=S. The van der Waals surface area contributed by atoms with E-state index in [0.29, 0.717) is 10.5 Å². The summed E-state index contributed by atoms with van der Waals surface area (Å²) in [6.07, 6.45) is 5.32. The van der Waals surface area contributed by atoms with Crippen LogP contribution in [0.4, 0.5) is 5.69 Å². The highest BCUT2D eigenvalue weighted by molar-refractivity contribution is 7.73. The van der Waals surface area contributed by atoms with E-state index in [-0.39, 0.29) is 5.88 Å². The fourth-order valence-corrected chi connectivity index (χ4v) is 2.92. The standard InChI is InChI=1S/C14H14N2OS2/c1-2-16-13(17)12(19-14(16)18)9-6-10-15-11-7-4-3-5-8-11/h3-10,17H,2H2,1H3/b9-6+,15-10?. The number of nitrogens with zero attached hydrogens (tertiary/aromatic N) is 2. The molecule has 19 heavy (non-hydrogen) atoms. The van der Waals surface area contributed by atoms with Crippen LogP contribution in [-0.2, 0) is 6.54 Å². The highest BCUT2D eigenvalue weighted by atomic mass is 32.1. The average Bonchev–Trinajstić information content (AvgIpc) is 2.70. The van der Waals surface area contributed by atoms with Crippen LogP contribution in [0.5, 0.6) is 5.88 Å². The predicted molar refractivity (Wildman–Crippen MR) is 84.1 cm³/mol. The third-order valence-corrected chi connectivity index (χ3v) is 3.93. The molecule has 1 aromatic heterocycles. The first-order valence-corrected chi connectivity index (χ1v) is 7.13. The zero-order chi connectivity index (χ0) is 13.7. The Morgan fingerprint density at radius 3 is 2.74 bits per heavy atom. The van der Waals surface area contributed by atoms with E-state index in [9.17, 15) is 5.11 Å². The quantitative estimate of drug-likeness (QED) is 0.668. The number of rotatable bonds is 4. The molecule has 1 heterocycles. The van der Waals surface area contributed by atoms with E-state index in [1.165, 1.54) is 11.3 Å². The predicted octanol–water partition coefficient (Wildman–Crippen LogP) is 4.42. The average molecular weight is 290 g/mol. The first-order valence-electron chi connectivity index (χ1n) is 5.90. The summed E-state index contributed by atoms with van der Waals surface area (Å²) in [7, 11) is 0. The normalized spacial score (nSPS) is 11.6. The molecule has 0 spiro atoms. The molecule has 0 amide bonds. The molecule has 0 radical (unpaired) electrons. The minimum absolute atomic E-state index is 0.224. The second-order valence-corrected chi connectivity index (χ2v) is 5.45. The molecule has 1 aromatic carbocycles. The van der Waals surface area contributed by atoms with Crippen LogP contribution >= 0.6 is 23.6 Å². The van der Waals surface area contributed by atoms with Gasteiger partial charge in [0.1, 0.15) is 0 Å². The van der Waals surface area contributed by atoms with Gasteiger partial charge in [0.05, 0.1) is 10.6 Å². The van der Waals surface area contributed by atoms with E-state index < -0.39 is 0 Å². The van der Waals surface area contributed by atoms with Crippen LogP contribution in [0.15, 0.2) is 41.4 Å². The lowest BCUT2D eigenvalue weighted by Crippen LogP contribution is -1.91. The highest BCUT2D eigenvalue weighted by Crippen LogP contribution is 2.26. The van der Waals surface area contributed by atoms with Gasteiger partial charge in [0.25, 0.3) is 0 Å². The van der Waals surface area contributed by atoms with Gasteiger partial charge in [-0.1, -0.05) is 18.2 Å². The summed E-state index contributed by atoms with van der Waals surface area (Å²) in [5.74, 6) is 0.224. The van der Waals surface area contributed by atoms with Crippen LogP contribution in [-0.4, -0.2) is 15.9 Å². The Bertz CT molecular complexity index is 654. The Balaban J connectivity index is 2.12. The molecule has 0 aliphatic rings. The molecule has 2 aromatic rings. The lowest BCUT2D eigenvalue weighted by atomic mass is 10.3. The van der Waals surface area contributed by atoms with E-state index in [2.05, 4.69) is 4.99 Å². The van der Waals surface area contributed by atoms with Crippen LogP contribution < -0.4 is 0 Å². The Kier molecular flexibility index (Phi) is 4.65. The molecule has 0 fully saturated rings. The van der Waals surface area contributed by atoms with Gasteiger partial charge in [-0.05, 0) is 43.4 Å². The van der Waals surface area contributed by atoms with Crippen molar-refractivity contribution in [2.24, 2.45) is 4.99 Å². The van der Waals surface area contributed by atoms with E-state index in [0.717, 1.165) is 10.6 Å². The first-order chi connectivity index (χ1) is 9.22.